The van der Waals surface area contributed by atoms with Gasteiger partial charge in [0.1, 0.15) is 13.2 Å². The van der Waals surface area contributed by atoms with Gasteiger partial charge in [0.25, 0.3) is 5.69 Å². The molecule has 0 N–H and O–H groups in total. The van der Waals surface area contributed by atoms with Gasteiger partial charge in [-0.25, -0.2) is 0 Å². The molecule has 4 rings (SSSR count). The highest BCUT2D eigenvalue weighted by Crippen LogP contribution is 2.25. The number of nitrogens with zero attached hydrogens (tertiary/aromatic N) is 4. The Morgan fingerprint density at radius 3 is 1.68 bits per heavy atom. The molecule has 9 nitrogen and oxygen atoms in total. The van der Waals surface area contributed by atoms with Crippen molar-refractivity contribution in [1.29, 1.82) is 0 Å². The van der Waals surface area contributed by atoms with Crippen LogP contribution in [0.3, 0.4) is 0 Å². The summed E-state index contributed by atoms with van der Waals surface area (Å²) in [6.07, 6.45) is 2.95. The first kappa shape index (κ1) is 27.1. The first-order chi connectivity index (χ1) is 18.4. The minimum Gasteiger partial charge on any atom is -0.391 e. The predicted molar refractivity (Wildman–Crippen MR) is 147 cm³/mol. The van der Waals surface area contributed by atoms with Gasteiger partial charge in [-0.05, 0) is 47.5 Å². The fourth-order valence-corrected chi connectivity index (χ4v) is 4.11. The van der Waals surface area contributed by atoms with Crippen LogP contribution in [0.15, 0.2) is 83.1 Å². The largest absolute Gasteiger partial charge is 0.391 e. The zero-order chi connectivity index (χ0) is 26.9. The average molecular weight is 555 g/mol. The maximum atomic E-state index is 13.2. The average Bonchev–Trinajstić information content (AvgIpc) is 2.92. The molecule has 1 heterocycles. The van der Waals surface area contributed by atoms with E-state index in [0.717, 1.165) is 16.8 Å². The minimum atomic E-state index is -0.586. The first-order valence-electron chi connectivity index (χ1n) is 11.7. The quantitative estimate of drug-likeness (QED) is 0.174. The summed E-state index contributed by atoms with van der Waals surface area (Å²) in [5.74, 6) is -1.26. The minimum absolute atomic E-state index is 0.00994. The number of carbonyl (C=O) groups is 1. The number of oxime groups is 2. The van der Waals surface area contributed by atoms with Crippen LogP contribution in [0.2, 0.25) is 10.0 Å². The zero-order valence-corrected chi connectivity index (χ0v) is 21.7. The molecular weight excluding hydrogens is 531 g/mol. The van der Waals surface area contributed by atoms with E-state index in [1.165, 1.54) is 24.6 Å². The molecule has 0 bridgehead atoms. The summed E-state index contributed by atoms with van der Waals surface area (Å²) in [7, 11) is 0. The van der Waals surface area contributed by atoms with E-state index in [0.29, 0.717) is 23.1 Å². The van der Waals surface area contributed by atoms with E-state index in [9.17, 15) is 14.9 Å². The van der Waals surface area contributed by atoms with E-state index in [-0.39, 0.29) is 24.7 Å². The van der Waals surface area contributed by atoms with Crippen LogP contribution in [-0.2, 0) is 27.7 Å². The number of ketones is 1. The number of nitro benzene ring substituents is 1. The Kier molecular flexibility index (Phi) is 9.29. The third-order valence-corrected chi connectivity index (χ3v) is 6.41. The molecule has 2 unspecified atom stereocenters. The van der Waals surface area contributed by atoms with Crippen LogP contribution in [0.1, 0.15) is 11.1 Å². The van der Waals surface area contributed by atoms with E-state index in [1.54, 1.807) is 36.4 Å². The van der Waals surface area contributed by atoms with Crippen molar-refractivity contribution in [2.24, 2.45) is 22.1 Å². The molecule has 0 radical (unpaired) electrons. The first-order valence-corrected chi connectivity index (χ1v) is 12.5. The van der Waals surface area contributed by atoms with E-state index < -0.39 is 16.8 Å². The van der Waals surface area contributed by atoms with Crippen molar-refractivity contribution in [1.82, 2.24) is 0 Å². The Bertz CT molecular complexity index is 1230. The second-order valence-corrected chi connectivity index (χ2v) is 9.48. The fourth-order valence-electron chi connectivity index (χ4n) is 3.86. The molecular formula is C27H24Cl2N4O5. The van der Waals surface area contributed by atoms with Crippen molar-refractivity contribution in [2.45, 2.75) is 13.2 Å². The summed E-state index contributed by atoms with van der Waals surface area (Å²) in [4.78, 5) is 36.5. The van der Waals surface area contributed by atoms with Gasteiger partial charge >= 0.3 is 0 Å². The Hall–Kier alpha value is -3.95. The Morgan fingerprint density at radius 1 is 0.816 bits per heavy atom. The van der Waals surface area contributed by atoms with Crippen molar-refractivity contribution in [2.75, 3.05) is 18.0 Å². The number of Topliss-reactive ketones (excluding diaryl/α,β-unsaturated/α-hetero) is 1. The van der Waals surface area contributed by atoms with Crippen molar-refractivity contribution in [3.8, 4) is 0 Å². The van der Waals surface area contributed by atoms with Gasteiger partial charge in [0.05, 0.1) is 29.2 Å². The Morgan fingerprint density at radius 2 is 1.26 bits per heavy atom. The van der Waals surface area contributed by atoms with Gasteiger partial charge in [-0.1, -0.05) is 57.8 Å². The van der Waals surface area contributed by atoms with E-state index in [2.05, 4.69) is 10.3 Å². The van der Waals surface area contributed by atoms with Gasteiger partial charge in [0, 0.05) is 41.0 Å². The number of non-ortho nitro benzene ring substituents is 1. The summed E-state index contributed by atoms with van der Waals surface area (Å²) in [5.41, 5.74) is 2.50. The molecule has 3 aromatic carbocycles. The smallest absolute Gasteiger partial charge is 0.269 e. The molecule has 0 aliphatic carbocycles. The molecule has 0 aromatic heterocycles. The summed E-state index contributed by atoms with van der Waals surface area (Å²) in [6.45, 7) is 1.12. The summed E-state index contributed by atoms with van der Waals surface area (Å²) in [6, 6.07) is 20.5. The van der Waals surface area contributed by atoms with E-state index in [4.69, 9.17) is 32.9 Å². The molecule has 38 heavy (non-hydrogen) atoms. The molecule has 2 atom stereocenters. The normalized spacial score (nSPS) is 17.7. The predicted octanol–water partition coefficient (Wildman–Crippen LogP) is 5.93. The standard InChI is InChI=1S/C27H24Cl2N4O5/c28-23-5-1-19(2-6-23)17-37-30-13-21-15-32(25-9-11-26(12-10-25)33(35)36)16-22(27(21)34)14-31-38-18-20-3-7-24(29)8-4-20/h1-14,21-22H,15-18H2/b30-13+,31-14+. The number of anilines is 1. The lowest BCUT2D eigenvalue weighted by Gasteiger charge is -2.35. The maximum Gasteiger partial charge on any atom is 0.269 e. The lowest BCUT2D eigenvalue weighted by atomic mass is 9.88. The van der Waals surface area contributed by atoms with Crippen LogP contribution < -0.4 is 4.90 Å². The van der Waals surface area contributed by atoms with Gasteiger partial charge in [0.2, 0.25) is 0 Å². The molecule has 1 aliphatic heterocycles. The molecule has 3 aromatic rings. The van der Waals surface area contributed by atoms with Crippen molar-refractivity contribution in [3.05, 3.63) is 104 Å². The Labute approximate surface area is 229 Å². The topological polar surface area (TPSA) is 107 Å². The molecule has 196 valence electrons. The molecule has 1 saturated heterocycles. The molecule has 0 amide bonds. The number of piperidine rings is 1. The van der Waals surface area contributed by atoms with Crippen LogP contribution in [0, 0.1) is 22.0 Å². The summed E-state index contributed by atoms with van der Waals surface area (Å²) in [5, 5.41) is 20.3. The third-order valence-electron chi connectivity index (χ3n) is 5.91. The van der Waals surface area contributed by atoms with Gasteiger partial charge < -0.3 is 14.6 Å². The highest BCUT2D eigenvalue weighted by molar-refractivity contribution is 6.30. The van der Waals surface area contributed by atoms with Crippen molar-refractivity contribution >= 4 is 52.8 Å². The molecule has 0 spiro atoms. The number of hydrogen-bond donors (Lipinski definition) is 0. The van der Waals surface area contributed by atoms with Crippen LogP contribution in [0.5, 0.6) is 0 Å². The third kappa shape index (κ3) is 7.53. The van der Waals surface area contributed by atoms with E-state index in [1.807, 2.05) is 29.2 Å². The SMILES string of the molecule is O=C1C(/C=N/OCc2ccc(Cl)cc2)CN(c2ccc([N+](=O)[O-])cc2)CC1/C=N/OCc1ccc(Cl)cc1. The highest BCUT2D eigenvalue weighted by Gasteiger charge is 2.34. The summed E-state index contributed by atoms with van der Waals surface area (Å²) < 4.78 is 0. The summed E-state index contributed by atoms with van der Waals surface area (Å²) >= 11 is 11.8. The second-order valence-electron chi connectivity index (χ2n) is 8.60. The molecule has 11 heteroatoms. The highest BCUT2D eigenvalue weighted by atomic mass is 35.5. The van der Waals surface area contributed by atoms with E-state index >= 15 is 0 Å². The van der Waals surface area contributed by atoms with Gasteiger partial charge in [0.15, 0.2) is 5.78 Å². The monoisotopic (exact) mass is 554 g/mol. The lowest BCUT2D eigenvalue weighted by Crippen LogP contribution is -2.48. The van der Waals surface area contributed by atoms with Crippen LogP contribution in [0.25, 0.3) is 0 Å². The Balaban J connectivity index is 1.43. The fraction of sp³-hybridized carbons (Fsp3) is 0.222. The number of rotatable bonds is 10. The molecule has 1 aliphatic rings. The second kappa shape index (κ2) is 13.0. The van der Waals surface area contributed by atoms with Gasteiger partial charge in [-0.15, -0.1) is 0 Å². The number of nitro groups is 1. The molecule has 0 saturated carbocycles. The van der Waals surface area contributed by atoms with Gasteiger partial charge in [-0.3, -0.25) is 14.9 Å². The van der Waals surface area contributed by atoms with Crippen LogP contribution in [-0.4, -0.2) is 36.2 Å². The van der Waals surface area contributed by atoms with Gasteiger partial charge in [-0.2, -0.15) is 0 Å². The lowest BCUT2D eigenvalue weighted by molar-refractivity contribution is -0.384. The maximum absolute atomic E-state index is 13.2. The van der Waals surface area contributed by atoms with Crippen molar-refractivity contribution < 1.29 is 19.4 Å². The number of hydrogen-bond acceptors (Lipinski definition) is 8. The zero-order valence-electron chi connectivity index (χ0n) is 20.2. The van der Waals surface area contributed by atoms with Crippen LogP contribution in [0.4, 0.5) is 11.4 Å². The van der Waals surface area contributed by atoms with Crippen LogP contribution >= 0.6 is 23.2 Å². The number of benzene rings is 3. The van der Waals surface area contributed by atoms with Crippen molar-refractivity contribution in [3.63, 3.8) is 0 Å². The molecule has 1 fully saturated rings. The number of carbonyl (C=O) groups excluding carboxylic acids is 1. The number of halogens is 2.